The minimum atomic E-state index is -0.898. The zero-order valence-corrected chi connectivity index (χ0v) is 17.4. The van der Waals surface area contributed by atoms with Crippen molar-refractivity contribution < 1.29 is 19.8 Å². The number of rotatable bonds is 9. The lowest BCUT2D eigenvalue weighted by Crippen LogP contribution is -2.33. The molecule has 1 aromatic rings. The smallest absolute Gasteiger partial charge is 0.345 e. The van der Waals surface area contributed by atoms with E-state index in [4.69, 9.17) is 5.11 Å². The van der Waals surface area contributed by atoms with E-state index < -0.39 is 12.1 Å². The van der Waals surface area contributed by atoms with Crippen molar-refractivity contribution in [2.45, 2.75) is 64.5 Å². The Morgan fingerprint density at radius 2 is 2.21 bits per heavy atom. The predicted octanol–water partition coefficient (Wildman–Crippen LogP) is 3.73. The maximum atomic E-state index is 12.2. The van der Waals surface area contributed by atoms with E-state index in [-0.39, 0.29) is 17.9 Å². The molecule has 0 saturated carbocycles. The maximum absolute atomic E-state index is 12.2. The molecule has 28 heavy (non-hydrogen) atoms. The molecule has 152 valence electrons. The van der Waals surface area contributed by atoms with Crippen LogP contribution >= 0.6 is 11.3 Å². The van der Waals surface area contributed by atoms with Crippen LogP contribution in [0.5, 0.6) is 0 Å². The van der Waals surface area contributed by atoms with Crippen LogP contribution in [0.4, 0.5) is 0 Å². The SMILES string of the molecule is CCC#CCC(C)[C@H](O)C=CC1CCC(=O)N1CCCc1ccc(C(=O)O)s1. The number of aryl methyl sites for hydroxylation is 1. The van der Waals surface area contributed by atoms with Crippen LogP contribution in [0.25, 0.3) is 0 Å². The van der Waals surface area contributed by atoms with Crippen LogP contribution < -0.4 is 0 Å². The van der Waals surface area contributed by atoms with E-state index >= 15 is 0 Å². The highest BCUT2D eigenvalue weighted by Crippen LogP contribution is 2.23. The number of hydrogen-bond donors (Lipinski definition) is 2. The minimum absolute atomic E-state index is 0.0222. The van der Waals surface area contributed by atoms with Gasteiger partial charge in [0.05, 0.1) is 12.1 Å². The zero-order chi connectivity index (χ0) is 20.5. The summed E-state index contributed by atoms with van der Waals surface area (Å²) in [7, 11) is 0. The van der Waals surface area contributed by atoms with Crippen LogP contribution in [0.2, 0.25) is 0 Å². The molecular weight excluding hydrogens is 374 g/mol. The van der Waals surface area contributed by atoms with E-state index in [1.54, 1.807) is 12.1 Å². The van der Waals surface area contributed by atoms with Crippen molar-refractivity contribution in [1.82, 2.24) is 4.90 Å². The molecule has 1 aliphatic heterocycles. The van der Waals surface area contributed by atoms with Crippen LogP contribution in [-0.4, -0.2) is 45.7 Å². The van der Waals surface area contributed by atoms with Gasteiger partial charge in [-0.1, -0.05) is 26.0 Å². The Morgan fingerprint density at radius 3 is 2.89 bits per heavy atom. The first-order valence-corrected chi connectivity index (χ1v) is 10.7. The number of nitrogens with zero attached hydrogens (tertiary/aromatic N) is 1. The number of carbonyl (C=O) groups excluding carboxylic acids is 1. The Balaban J connectivity index is 1.85. The molecule has 5 nitrogen and oxygen atoms in total. The van der Waals surface area contributed by atoms with Gasteiger partial charge in [-0.15, -0.1) is 23.2 Å². The molecule has 1 saturated heterocycles. The predicted molar refractivity (Wildman–Crippen MR) is 111 cm³/mol. The Bertz CT molecular complexity index is 758. The summed E-state index contributed by atoms with van der Waals surface area (Å²) in [6.45, 7) is 4.62. The first-order valence-electron chi connectivity index (χ1n) is 9.86. The van der Waals surface area contributed by atoms with Gasteiger partial charge in [0.15, 0.2) is 0 Å². The van der Waals surface area contributed by atoms with Crippen molar-refractivity contribution >= 4 is 23.2 Å². The Labute approximate surface area is 171 Å². The summed E-state index contributed by atoms with van der Waals surface area (Å²) in [5.74, 6) is 5.39. The second-order valence-electron chi connectivity index (χ2n) is 7.13. The van der Waals surface area contributed by atoms with Gasteiger partial charge in [0.1, 0.15) is 4.88 Å². The quantitative estimate of drug-likeness (QED) is 0.486. The molecule has 2 unspecified atom stereocenters. The molecule has 1 aliphatic rings. The number of hydrogen-bond acceptors (Lipinski definition) is 4. The average Bonchev–Trinajstić information content (AvgIpc) is 3.27. The molecule has 2 N–H and O–H groups in total. The van der Waals surface area contributed by atoms with Gasteiger partial charge in [-0.25, -0.2) is 4.79 Å². The van der Waals surface area contributed by atoms with Crippen molar-refractivity contribution in [3.05, 3.63) is 34.0 Å². The molecular formula is C22H29NO4S. The van der Waals surface area contributed by atoms with E-state index in [1.165, 1.54) is 11.3 Å². The van der Waals surface area contributed by atoms with Crippen molar-refractivity contribution in [3.63, 3.8) is 0 Å². The van der Waals surface area contributed by atoms with Crippen LogP contribution in [0.1, 0.15) is 60.5 Å². The number of thiophene rings is 1. The second-order valence-corrected chi connectivity index (χ2v) is 8.30. The summed E-state index contributed by atoms with van der Waals surface area (Å²) in [6, 6.07) is 3.49. The van der Waals surface area contributed by atoms with Crippen LogP contribution in [-0.2, 0) is 11.2 Å². The van der Waals surface area contributed by atoms with E-state index in [9.17, 15) is 14.7 Å². The fourth-order valence-corrected chi connectivity index (χ4v) is 4.10. The first-order chi connectivity index (χ1) is 13.4. The van der Waals surface area contributed by atoms with Gasteiger partial charge in [-0.05, 0) is 37.3 Å². The third kappa shape index (κ3) is 6.50. The topological polar surface area (TPSA) is 77.8 Å². The minimum Gasteiger partial charge on any atom is -0.477 e. The summed E-state index contributed by atoms with van der Waals surface area (Å²) in [4.78, 5) is 26.4. The molecule has 1 amide bonds. The van der Waals surface area contributed by atoms with Gasteiger partial charge in [-0.2, -0.15) is 0 Å². The number of likely N-dealkylation sites (tertiary alicyclic amines) is 1. The third-order valence-electron chi connectivity index (χ3n) is 4.91. The summed E-state index contributed by atoms with van der Waals surface area (Å²) < 4.78 is 0. The number of carboxylic acids is 1. The van der Waals surface area contributed by atoms with Crippen LogP contribution in [0, 0.1) is 17.8 Å². The third-order valence-corrected chi connectivity index (χ3v) is 6.04. The molecule has 0 bridgehead atoms. The molecule has 0 spiro atoms. The summed E-state index contributed by atoms with van der Waals surface area (Å²) in [5.41, 5.74) is 0. The summed E-state index contributed by atoms with van der Waals surface area (Å²) in [6.07, 6.45) is 7.52. The van der Waals surface area contributed by atoms with Crippen LogP contribution in [0.3, 0.4) is 0 Å². The van der Waals surface area contributed by atoms with E-state index in [2.05, 4.69) is 11.8 Å². The van der Waals surface area contributed by atoms with E-state index in [0.717, 1.165) is 30.6 Å². The van der Waals surface area contributed by atoms with Gasteiger partial charge >= 0.3 is 5.97 Å². The summed E-state index contributed by atoms with van der Waals surface area (Å²) in [5, 5.41) is 19.3. The average molecular weight is 404 g/mol. The van der Waals surface area contributed by atoms with Gasteiger partial charge in [0, 0.05) is 30.7 Å². The molecule has 2 heterocycles. The highest BCUT2D eigenvalue weighted by atomic mass is 32.1. The highest BCUT2D eigenvalue weighted by Gasteiger charge is 2.28. The number of aliphatic hydroxyl groups excluding tert-OH is 1. The molecule has 1 fully saturated rings. The molecule has 3 atom stereocenters. The van der Waals surface area contributed by atoms with E-state index in [0.29, 0.717) is 24.3 Å². The van der Waals surface area contributed by atoms with Crippen LogP contribution in [0.15, 0.2) is 24.3 Å². The fraction of sp³-hybridized carbons (Fsp3) is 0.545. The molecule has 0 radical (unpaired) electrons. The maximum Gasteiger partial charge on any atom is 0.345 e. The normalized spacial score (nSPS) is 18.9. The fourth-order valence-electron chi connectivity index (χ4n) is 3.21. The van der Waals surface area contributed by atoms with Gasteiger partial charge < -0.3 is 15.1 Å². The van der Waals surface area contributed by atoms with Gasteiger partial charge in [0.25, 0.3) is 0 Å². The molecule has 0 aliphatic carbocycles. The Kier molecular flexibility index (Phi) is 8.75. The second kappa shape index (κ2) is 11.0. The number of carboxylic acid groups (broad SMARTS) is 1. The zero-order valence-electron chi connectivity index (χ0n) is 16.6. The number of carbonyl (C=O) groups is 2. The number of aromatic carboxylic acids is 1. The van der Waals surface area contributed by atoms with Gasteiger partial charge in [-0.3, -0.25) is 4.79 Å². The standard InChI is InChI=1S/C22H29NO4S/c1-3-4-5-7-16(2)19(24)12-9-17-10-14-21(25)23(17)15-6-8-18-11-13-20(28-18)22(26)27/h9,11-13,16-17,19,24H,3,6-8,10,14-15H2,1-2H3,(H,26,27)/t16?,17?,19-/m1/s1. The Hall–Kier alpha value is -2.10. The largest absolute Gasteiger partial charge is 0.477 e. The molecule has 0 aromatic carbocycles. The lowest BCUT2D eigenvalue weighted by molar-refractivity contribution is -0.128. The van der Waals surface area contributed by atoms with Crippen molar-refractivity contribution in [2.75, 3.05) is 6.54 Å². The first kappa shape index (κ1) is 22.2. The Morgan fingerprint density at radius 1 is 1.43 bits per heavy atom. The van der Waals surface area contributed by atoms with Crippen molar-refractivity contribution in [1.29, 1.82) is 0 Å². The van der Waals surface area contributed by atoms with E-state index in [1.807, 2.05) is 30.9 Å². The number of amides is 1. The summed E-state index contributed by atoms with van der Waals surface area (Å²) >= 11 is 1.29. The highest BCUT2D eigenvalue weighted by molar-refractivity contribution is 7.13. The van der Waals surface area contributed by atoms with Crippen molar-refractivity contribution in [3.8, 4) is 11.8 Å². The molecule has 6 heteroatoms. The molecule has 1 aromatic heterocycles. The van der Waals surface area contributed by atoms with Gasteiger partial charge in [0.2, 0.25) is 5.91 Å². The molecule has 2 rings (SSSR count). The lowest BCUT2D eigenvalue weighted by atomic mass is 10.00. The number of aliphatic hydroxyl groups is 1. The monoisotopic (exact) mass is 403 g/mol. The lowest BCUT2D eigenvalue weighted by Gasteiger charge is -2.23. The van der Waals surface area contributed by atoms with Crippen molar-refractivity contribution in [2.24, 2.45) is 5.92 Å².